The number of likely N-dealkylation sites (tertiary alicyclic amines) is 1. The van der Waals surface area contributed by atoms with Gasteiger partial charge >= 0.3 is 12.3 Å². The second-order valence-electron chi connectivity index (χ2n) is 11.4. The Kier molecular flexibility index (Phi) is 9.60. The quantitative estimate of drug-likeness (QED) is 0.307. The number of carbonyl (C=O) groups excluding carboxylic acids is 1. The number of carbonyl (C=O) groups is 1. The number of fused-ring (bicyclic) bond motifs is 1. The summed E-state index contributed by atoms with van der Waals surface area (Å²) in [5.41, 5.74) is 1.10. The van der Waals surface area contributed by atoms with E-state index in [4.69, 9.17) is 14.6 Å². The Morgan fingerprint density at radius 3 is 2.41 bits per heavy atom. The van der Waals surface area contributed by atoms with Crippen LogP contribution < -0.4 is 20.5 Å². The molecule has 14 heteroatoms. The topological polar surface area (TPSA) is 128 Å². The molecule has 4 N–H and O–H groups in total. The van der Waals surface area contributed by atoms with Gasteiger partial charge in [0, 0.05) is 36.3 Å². The number of primary sulfonamides is 1. The first-order valence-corrected chi connectivity index (χ1v) is 15.5. The summed E-state index contributed by atoms with van der Waals surface area (Å²) in [5.74, 6) is 5.91. The van der Waals surface area contributed by atoms with Crippen molar-refractivity contribution in [1.29, 1.82) is 0 Å². The van der Waals surface area contributed by atoms with Gasteiger partial charge in [0.1, 0.15) is 17.9 Å². The molecule has 1 saturated heterocycles. The van der Waals surface area contributed by atoms with E-state index in [2.05, 4.69) is 22.5 Å². The average molecular weight is 636 g/mol. The van der Waals surface area contributed by atoms with Gasteiger partial charge in [0.15, 0.2) is 0 Å². The Hall–Kier alpha value is -4.09. The molecule has 0 unspecified atom stereocenters. The van der Waals surface area contributed by atoms with Crippen molar-refractivity contribution in [3.8, 4) is 17.6 Å². The molecule has 1 fully saturated rings. The number of piperidine rings is 1. The lowest BCUT2D eigenvalue weighted by atomic mass is 10.0. The number of alkyl halides is 3. The molecule has 1 aliphatic rings. The number of methoxy groups -OCH3 is 1. The summed E-state index contributed by atoms with van der Waals surface area (Å²) >= 11 is 0. The van der Waals surface area contributed by atoms with Gasteiger partial charge in [-0.05, 0) is 69.9 Å². The molecule has 0 atom stereocenters. The van der Waals surface area contributed by atoms with Crippen molar-refractivity contribution >= 4 is 38.4 Å². The highest BCUT2D eigenvalue weighted by Gasteiger charge is 2.31. The summed E-state index contributed by atoms with van der Waals surface area (Å²) < 4.78 is 75.9. The van der Waals surface area contributed by atoms with Crippen molar-refractivity contribution in [1.82, 2.24) is 9.47 Å². The molecule has 10 nitrogen and oxygen atoms in total. The number of anilines is 2. The van der Waals surface area contributed by atoms with Gasteiger partial charge in [0.25, 0.3) is 0 Å². The number of sulfonamides is 1. The summed E-state index contributed by atoms with van der Waals surface area (Å²) in [5, 5.41) is 12.2. The lowest BCUT2D eigenvalue weighted by Gasteiger charge is -2.34. The van der Waals surface area contributed by atoms with Crippen molar-refractivity contribution in [3.63, 3.8) is 0 Å². The van der Waals surface area contributed by atoms with Crippen LogP contribution in [-0.2, 0) is 21.3 Å². The number of hydrogen-bond acceptors (Lipinski definition) is 7. The minimum Gasteiger partial charge on any atom is -0.495 e. The van der Waals surface area contributed by atoms with Gasteiger partial charge in [0.2, 0.25) is 10.0 Å². The molecule has 0 bridgehead atoms. The van der Waals surface area contributed by atoms with Crippen molar-refractivity contribution in [2.75, 3.05) is 37.4 Å². The number of amides is 1. The number of nitrogens with zero attached hydrogens (tertiary/aromatic N) is 2. The predicted octanol–water partition coefficient (Wildman–Crippen LogP) is 5.13. The molecular formula is C30H36F3N5O5S. The van der Waals surface area contributed by atoms with Crippen LogP contribution in [0.3, 0.4) is 0 Å². The second-order valence-corrected chi connectivity index (χ2v) is 13.0. The zero-order chi connectivity index (χ0) is 32.3. The van der Waals surface area contributed by atoms with Crippen LogP contribution in [0.5, 0.6) is 5.75 Å². The number of aromatic nitrogens is 1. The molecule has 0 spiro atoms. The molecule has 1 aliphatic heterocycles. The Morgan fingerprint density at radius 1 is 1.09 bits per heavy atom. The molecular weight excluding hydrogens is 599 g/mol. The molecule has 3 aromatic rings. The van der Waals surface area contributed by atoms with E-state index < -0.39 is 28.3 Å². The molecule has 2 heterocycles. The Balaban J connectivity index is 1.52. The van der Waals surface area contributed by atoms with Gasteiger partial charge in [0.05, 0.1) is 35.4 Å². The number of hydrogen-bond donors (Lipinski definition) is 3. The molecule has 1 amide bonds. The van der Waals surface area contributed by atoms with E-state index in [1.54, 1.807) is 23.1 Å². The summed E-state index contributed by atoms with van der Waals surface area (Å²) in [7, 11) is -2.56. The first kappa shape index (κ1) is 32.8. The van der Waals surface area contributed by atoms with E-state index in [0.717, 1.165) is 4.57 Å². The lowest BCUT2D eigenvalue weighted by molar-refractivity contribution is -0.140. The van der Waals surface area contributed by atoms with Crippen molar-refractivity contribution in [3.05, 3.63) is 48.2 Å². The summed E-state index contributed by atoms with van der Waals surface area (Å²) in [6, 6.07) is 10.8. The van der Waals surface area contributed by atoms with E-state index in [1.807, 2.05) is 26.8 Å². The highest BCUT2D eigenvalue weighted by molar-refractivity contribution is 7.89. The van der Waals surface area contributed by atoms with Gasteiger partial charge in [-0.1, -0.05) is 12.0 Å². The zero-order valence-electron chi connectivity index (χ0n) is 24.9. The first-order chi connectivity index (χ1) is 20.5. The van der Waals surface area contributed by atoms with E-state index in [1.165, 1.54) is 25.3 Å². The van der Waals surface area contributed by atoms with Crippen LogP contribution in [0.1, 0.15) is 39.3 Å². The molecule has 4 rings (SSSR count). The first-order valence-electron chi connectivity index (χ1n) is 13.9. The van der Waals surface area contributed by atoms with Crippen LogP contribution in [0.15, 0.2) is 47.4 Å². The number of benzene rings is 2. The maximum absolute atomic E-state index is 13.6. The van der Waals surface area contributed by atoms with Crippen LogP contribution in [-0.4, -0.2) is 68.5 Å². The molecule has 0 saturated carbocycles. The van der Waals surface area contributed by atoms with Gasteiger partial charge in [-0.15, -0.1) is 0 Å². The fraction of sp³-hybridized carbons (Fsp3) is 0.433. The van der Waals surface area contributed by atoms with Gasteiger partial charge in [-0.2, -0.15) is 13.2 Å². The maximum atomic E-state index is 13.6. The van der Waals surface area contributed by atoms with Gasteiger partial charge < -0.3 is 29.6 Å². The normalized spacial score (nSPS) is 14.6. The zero-order valence-corrected chi connectivity index (χ0v) is 25.7. The predicted molar refractivity (Wildman–Crippen MR) is 162 cm³/mol. The minimum atomic E-state index is -4.48. The van der Waals surface area contributed by atoms with Gasteiger partial charge in [-0.3, -0.25) is 0 Å². The highest BCUT2D eigenvalue weighted by atomic mass is 32.2. The molecule has 1 aromatic heterocycles. The Labute approximate surface area is 254 Å². The smallest absolute Gasteiger partial charge is 0.410 e. The maximum Gasteiger partial charge on any atom is 0.410 e. The lowest BCUT2D eigenvalue weighted by Crippen LogP contribution is -2.44. The van der Waals surface area contributed by atoms with Crippen molar-refractivity contribution < 1.29 is 35.9 Å². The number of nitrogens with two attached hydrogens (primary N) is 1. The summed E-state index contributed by atoms with van der Waals surface area (Å²) in [4.78, 5) is 14.0. The number of ether oxygens (including phenoxy) is 2. The van der Waals surface area contributed by atoms with E-state index >= 15 is 0 Å². The van der Waals surface area contributed by atoms with Crippen molar-refractivity contribution in [2.24, 2.45) is 5.14 Å². The third-order valence-electron chi connectivity index (χ3n) is 6.87. The van der Waals surface area contributed by atoms with Gasteiger partial charge in [-0.25, -0.2) is 18.4 Å². The molecule has 2 aromatic carbocycles. The number of rotatable bonds is 7. The second kappa shape index (κ2) is 12.9. The van der Waals surface area contributed by atoms with Crippen LogP contribution >= 0.6 is 0 Å². The van der Waals surface area contributed by atoms with E-state index in [0.29, 0.717) is 48.2 Å². The molecule has 44 heavy (non-hydrogen) atoms. The average Bonchev–Trinajstić information content (AvgIpc) is 3.26. The van der Waals surface area contributed by atoms with Crippen LogP contribution in [0.4, 0.5) is 29.3 Å². The van der Waals surface area contributed by atoms with Crippen molar-refractivity contribution in [2.45, 2.75) is 62.9 Å². The standard InChI is InChI=1S/C30H36F3N5O5S/c1-29(2,3)43-28(39)37-15-12-20(13-16-37)36-24-8-5-9-26-23(24)17-21(38(26)19-30(31,32)33)7-6-14-35-25-11-10-22(44(34,40)41)18-27(25)42-4/h5,8-11,17-18,20,35-36H,12-16,19H2,1-4H3,(H2,34,40,41). The van der Waals surface area contributed by atoms with E-state index in [-0.39, 0.29) is 35.0 Å². The van der Waals surface area contributed by atoms with E-state index in [9.17, 15) is 26.4 Å². The molecule has 0 radical (unpaired) electrons. The third kappa shape index (κ3) is 8.51. The van der Waals surface area contributed by atoms with Crippen LogP contribution in [0, 0.1) is 11.8 Å². The fourth-order valence-corrected chi connectivity index (χ4v) is 5.41. The Bertz CT molecular complexity index is 1680. The highest BCUT2D eigenvalue weighted by Crippen LogP contribution is 2.32. The number of nitrogens with one attached hydrogen (secondary N) is 2. The monoisotopic (exact) mass is 635 g/mol. The molecule has 238 valence electrons. The summed E-state index contributed by atoms with van der Waals surface area (Å²) in [6.07, 6.45) is -3.53. The fourth-order valence-electron chi connectivity index (χ4n) is 4.89. The largest absolute Gasteiger partial charge is 0.495 e. The van der Waals surface area contributed by atoms with Crippen LogP contribution in [0.2, 0.25) is 0 Å². The SMILES string of the molecule is COc1cc(S(N)(=O)=O)ccc1NCC#Cc1cc2c(NC3CCN(C(=O)OC(C)(C)C)CC3)cccc2n1CC(F)(F)F. The number of halogens is 3. The molecule has 0 aliphatic carbocycles. The minimum absolute atomic E-state index is 0.0135. The van der Waals surface area contributed by atoms with Crippen LogP contribution in [0.25, 0.3) is 10.9 Å². The third-order valence-corrected chi connectivity index (χ3v) is 7.79. The summed E-state index contributed by atoms with van der Waals surface area (Å²) in [6.45, 7) is 5.26. The Morgan fingerprint density at radius 2 is 1.80 bits per heavy atom.